The van der Waals surface area contributed by atoms with Crippen molar-refractivity contribution in [1.82, 2.24) is 10.9 Å². The molecule has 1 saturated carbocycles. The average molecular weight is 298 g/mol. The van der Waals surface area contributed by atoms with Crippen LogP contribution in [0.1, 0.15) is 60.8 Å². The van der Waals surface area contributed by atoms with Crippen LogP contribution in [-0.4, -0.2) is 17.6 Å². The van der Waals surface area contributed by atoms with Gasteiger partial charge in [-0.1, -0.05) is 27.2 Å². The van der Waals surface area contributed by atoms with Gasteiger partial charge in [0.25, 0.3) is 0 Å². The first-order valence-electron chi connectivity index (χ1n) is 7.89. The van der Waals surface area contributed by atoms with Crippen molar-refractivity contribution in [2.75, 3.05) is 0 Å². The van der Waals surface area contributed by atoms with E-state index in [4.69, 9.17) is 4.74 Å². The lowest BCUT2D eigenvalue weighted by Gasteiger charge is -2.36. The van der Waals surface area contributed by atoms with Gasteiger partial charge in [-0.25, -0.2) is 10.2 Å². The van der Waals surface area contributed by atoms with Crippen molar-refractivity contribution < 1.29 is 14.3 Å². The Morgan fingerprint density at radius 1 is 1.14 bits per heavy atom. The van der Waals surface area contributed by atoms with Gasteiger partial charge in [-0.2, -0.15) is 0 Å². The molecule has 0 aromatic rings. The van der Waals surface area contributed by atoms with Crippen LogP contribution in [0.15, 0.2) is 0 Å². The molecule has 0 aromatic carbocycles. The normalized spacial score (nSPS) is 26.3. The molecule has 2 amide bonds. The van der Waals surface area contributed by atoms with E-state index >= 15 is 0 Å². The SMILES string of the molecule is CC(C)[C@@H]1CC[C@@H](C)C[C@H]1C(=O)NNC(=O)OC(C)(C)C. The molecule has 3 atom stereocenters. The summed E-state index contributed by atoms with van der Waals surface area (Å²) in [5.74, 6) is 1.25. The summed E-state index contributed by atoms with van der Waals surface area (Å²) in [6.45, 7) is 11.8. The van der Waals surface area contributed by atoms with Crippen molar-refractivity contribution in [2.45, 2.75) is 66.4 Å². The van der Waals surface area contributed by atoms with E-state index in [1.807, 2.05) is 0 Å². The Labute approximate surface area is 128 Å². The third-order valence-electron chi connectivity index (χ3n) is 4.05. The Morgan fingerprint density at radius 3 is 2.29 bits per heavy atom. The number of ether oxygens (including phenoxy) is 1. The molecular weight excluding hydrogens is 268 g/mol. The molecule has 1 rings (SSSR count). The lowest BCUT2D eigenvalue weighted by atomic mass is 9.70. The maximum atomic E-state index is 12.3. The fourth-order valence-corrected chi connectivity index (χ4v) is 3.01. The fraction of sp³-hybridized carbons (Fsp3) is 0.875. The smallest absolute Gasteiger partial charge is 0.426 e. The Morgan fingerprint density at radius 2 is 1.76 bits per heavy atom. The minimum absolute atomic E-state index is 0.0383. The molecule has 21 heavy (non-hydrogen) atoms. The number of carbonyl (C=O) groups excluding carboxylic acids is 2. The van der Waals surface area contributed by atoms with Crippen LogP contribution in [0.4, 0.5) is 4.79 Å². The van der Waals surface area contributed by atoms with Crippen molar-refractivity contribution in [3.8, 4) is 0 Å². The molecule has 2 N–H and O–H groups in total. The van der Waals surface area contributed by atoms with Crippen LogP contribution in [0.3, 0.4) is 0 Å². The maximum absolute atomic E-state index is 12.3. The first kappa shape index (κ1) is 17.8. The number of hydrogen-bond acceptors (Lipinski definition) is 3. The fourth-order valence-electron chi connectivity index (χ4n) is 3.01. The van der Waals surface area contributed by atoms with Crippen LogP contribution in [0.25, 0.3) is 0 Å². The Balaban J connectivity index is 2.54. The summed E-state index contributed by atoms with van der Waals surface area (Å²) in [5, 5.41) is 0. The third kappa shape index (κ3) is 5.94. The van der Waals surface area contributed by atoms with Gasteiger partial charge in [0.2, 0.25) is 5.91 Å². The van der Waals surface area contributed by atoms with Crippen molar-refractivity contribution in [3.63, 3.8) is 0 Å². The van der Waals surface area contributed by atoms with E-state index in [1.54, 1.807) is 20.8 Å². The van der Waals surface area contributed by atoms with Gasteiger partial charge < -0.3 is 4.74 Å². The summed E-state index contributed by atoms with van der Waals surface area (Å²) in [4.78, 5) is 23.9. The molecule has 5 nitrogen and oxygen atoms in total. The van der Waals surface area contributed by atoms with Crippen LogP contribution >= 0.6 is 0 Å². The average Bonchev–Trinajstić information content (AvgIpc) is 2.33. The van der Waals surface area contributed by atoms with Gasteiger partial charge in [0.1, 0.15) is 5.60 Å². The molecule has 0 heterocycles. The molecular formula is C16H30N2O3. The van der Waals surface area contributed by atoms with Crippen molar-refractivity contribution in [2.24, 2.45) is 23.7 Å². The van der Waals surface area contributed by atoms with Gasteiger partial charge in [0.15, 0.2) is 0 Å². The summed E-state index contributed by atoms with van der Waals surface area (Å²) >= 11 is 0. The molecule has 1 aliphatic rings. The number of hydrazine groups is 1. The van der Waals surface area contributed by atoms with Gasteiger partial charge in [-0.15, -0.1) is 0 Å². The molecule has 0 aromatic heterocycles. The number of carbonyl (C=O) groups is 2. The Kier molecular flexibility index (Phi) is 6.05. The zero-order valence-electron chi connectivity index (χ0n) is 14.2. The second-order valence-electron chi connectivity index (χ2n) is 7.55. The predicted octanol–water partition coefficient (Wildman–Crippen LogP) is 3.25. The highest BCUT2D eigenvalue weighted by Crippen LogP contribution is 2.37. The van der Waals surface area contributed by atoms with Crippen LogP contribution in [0, 0.1) is 23.7 Å². The summed E-state index contributed by atoms with van der Waals surface area (Å²) in [5.41, 5.74) is 4.29. The van der Waals surface area contributed by atoms with Crippen molar-refractivity contribution in [3.05, 3.63) is 0 Å². The third-order valence-corrected chi connectivity index (χ3v) is 4.05. The first-order chi connectivity index (χ1) is 9.60. The summed E-state index contributed by atoms with van der Waals surface area (Å²) in [7, 11) is 0. The molecule has 1 fully saturated rings. The van der Waals surface area contributed by atoms with E-state index in [0.29, 0.717) is 17.8 Å². The predicted molar refractivity (Wildman–Crippen MR) is 82.3 cm³/mol. The molecule has 0 saturated heterocycles. The van der Waals surface area contributed by atoms with Gasteiger partial charge in [0.05, 0.1) is 0 Å². The lowest BCUT2D eigenvalue weighted by molar-refractivity contribution is -0.130. The van der Waals surface area contributed by atoms with Gasteiger partial charge in [0, 0.05) is 5.92 Å². The highest BCUT2D eigenvalue weighted by molar-refractivity contribution is 5.81. The number of amides is 2. The van der Waals surface area contributed by atoms with E-state index in [1.165, 1.54) is 6.42 Å². The molecule has 122 valence electrons. The zero-order valence-corrected chi connectivity index (χ0v) is 14.2. The second-order valence-corrected chi connectivity index (χ2v) is 7.55. The number of hydrogen-bond donors (Lipinski definition) is 2. The van der Waals surface area contributed by atoms with Gasteiger partial charge in [-0.05, 0) is 51.4 Å². The standard InChI is InChI=1S/C16H30N2O3/c1-10(2)12-8-7-11(3)9-13(12)14(19)17-18-15(20)21-16(4,5)6/h10-13H,7-9H2,1-6H3,(H,17,19)(H,18,20)/t11-,12+,13-/m1/s1. The van der Waals surface area contributed by atoms with Crippen LogP contribution < -0.4 is 10.9 Å². The molecule has 1 aliphatic carbocycles. The summed E-state index contributed by atoms with van der Waals surface area (Å²) in [6, 6.07) is 0. The molecule has 0 spiro atoms. The Bertz CT molecular complexity index is 374. The van der Waals surface area contributed by atoms with E-state index < -0.39 is 11.7 Å². The monoisotopic (exact) mass is 298 g/mol. The maximum Gasteiger partial charge on any atom is 0.426 e. The highest BCUT2D eigenvalue weighted by Gasteiger charge is 2.35. The van der Waals surface area contributed by atoms with Crippen molar-refractivity contribution in [1.29, 1.82) is 0 Å². The summed E-state index contributed by atoms with van der Waals surface area (Å²) in [6.07, 6.45) is 2.50. The minimum atomic E-state index is -0.624. The van der Waals surface area contributed by atoms with E-state index in [9.17, 15) is 9.59 Å². The van der Waals surface area contributed by atoms with E-state index in [2.05, 4.69) is 31.6 Å². The molecule has 0 bridgehead atoms. The van der Waals surface area contributed by atoms with Crippen LogP contribution in [0.5, 0.6) is 0 Å². The summed E-state index contributed by atoms with van der Waals surface area (Å²) < 4.78 is 5.11. The first-order valence-corrected chi connectivity index (χ1v) is 7.89. The van der Waals surface area contributed by atoms with Gasteiger partial charge in [-0.3, -0.25) is 10.2 Å². The molecule has 5 heteroatoms. The molecule has 0 unspecified atom stereocenters. The highest BCUT2D eigenvalue weighted by atomic mass is 16.6. The zero-order chi connectivity index (χ0) is 16.2. The quantitative estimate of drug-likeness (QED) is 0.769. The van der Waals surface area contributed by atoms with E-state index in [-0.39, 0.29) is 11.8 Å². The number of nitrogens with one attached hydrogen (secondary N) is 2. The van der Waals surface area contributed by atoms with E-state index in [0.717, 1.165) is 12.8 Å². The van der Waals surface area contributed by atoms with Crippen molar-refractivity contribution >= 4 is 12.0 Å². The molecule has 0 radical (unpaired) electrons. The Hall–Kier alpha value is -1.26. The topological polar surface area (TPSA) is 67.4 Å². The minimum Gasteiger partial charge on any atom is -0.443 e. The largest absolute Gasteiger partial charge is 0.443 e. The van der Waals surface area contributed by atoms with Crippen LogP contribution in [0.2, 0.25) is 0 Å². The van der Waals surface area contributed by atoms with Gasteiger partial charge >= 0.3 is 6.09 Å². The molecule has 0 aliphatic heterocycles. The number of rotatable bonds is 2. The lowest BCUT2D eigenvalue weighted by Crippen LogP contribution is -2.49. The second kappa shape index (κ2) is 7.14. The van der Waals surface area contributed by atoms with Crippen LogP contribution in [-0.2, 0) is 9.53 Å².